The highest BCUT2D eigenvalue weighted by Crippen LogP contribution is 1.99. The van der Waals surface area contributed by atoms with Crippen LogP contribution in [0.4, 0.5) is 4.39 Å². The van der Waals surface area contributed by atoms with Crippen LogP contribution in [-0.4, -0.2) is 32.0 Å². The van der Waals surface area contributed by atoms with E-state index >= 15 is 0 Å². The van der Waals surface area contributed by atoms with Gasteiger partial charge in [-0.1, -0.05) is 0 Å². The number of hydrogen-bond acceptors (Lipinski definition) is 3. The molecule has 0 saturated heterocycles. The van der Waals surface area contributed by atoms with Crippen molar-refractivity contribution in [2.24, 2.45) is 0 Å². The van der Waals surface area contributed by atoms with Crippen molar-refractivity contribution in [2.45, 2.75) is 26.1 Å². The fourth-order valence-electron chi connectivity index (χ4n) is 0.951. The Morgan fingerprint density at radius 2 is 2.54 bits per heavy atom. The Morgan fingerprint density at radius 1 is 1.85 bits per heavy atom. The number of halogens is 1. The van der Waals surface area contributed by atoms with Crippen molar-refractivity contribution >= 4 is 5.97 Å². The van der Waals surface area contributed by atoms with E-state index in [4.69, 9.17) is 5.11 Å². The first-order valence-electron chi connectivity index (χ1n) is 3.82. The van der Waals surface area contributed by atoms with E-state index < -0.39 is 12.1 Å². The molecular formula is C7H10FN3O2. The van der Waals surface area contributed by atoms with Crippen molar-refractivity contribution in [3.05, 3.63) is 12.2 Å². The van der Waals surface area contributed by atoms with Gasteiger partial charge in [-0.3, -0.25) is 4.79 Å². The number of nitrogens with zero attached hydrogens (tertiary/aromatic N) is 3. The van der Waals surface area contributed by atoms with Crippen molar-refractivity contribution in [1.82, 2.24) is 14.8 Å². The van der Waals surface area contributed by atoms with Gasteiger partial charge in [0.05, 0.1) is 6.54 Å². The molecule has 1 rings (SSSR count). The van der Waals surface area contributed by atoms with E-state index in [1.165, 1.54) is 17.9 Å². The Kier molecular flexibility index (Phi) is 2.94. The van der Waals surface area contributed by atoms with E-state index in [1.807, 2.05) is 0 Å². The summed E-state index contributed by atoms with van der Waals surface area (Å²) in [4.78, 5) is 14.0. The summed E-state index contributed by atoms with van der Waals surface area (Å²) in [5.74, 6) is -0.724. The molecule has 1 aromatic heterocycles. The summed E-state index contributed by atoms with van der Waals surface area (Å²) >= 11 is 0. The number of aliphatic carboxylic acids is 1. The SMILES string of the molecule is CC(F)Cn1ncnc1CC(=O)O. The van der Waals surface area contributed by atoms with Gasteiger partial charge in [-0.15, -0.1) is 0 Å². The first kappa shape index (κ1) is 9.63. The van der Waals surface area contributed by atoms with Crippen LogP contribution >= 0.6 is 0 Å². The van der Waals surface area contributed by atoms with Gasteiger partial charge in [0.2, 0.25) is 0 Å². The lowest BCUT2D eigenvalue weighted by Crippen LogP contribution is -2.15. The standard InChI is InChI=1S/C7H10FN3O2/c1-5(8)3-11-6(2-7(12)13)9-4-10-11/h4-5H,2-3H2,1H3,(H,12,13). The van der Waals surface area contributed by atoms with Crippen molar-refractivity contribution in [2.75, 3.05) is 0 Å². The predicted molar refractivity (Wildman–Crippen MR) is 41.9 cm³/mol. The molecule has 0 amide bonds. The monoisotopic (exact) mass is 187 g/mol. The van der Waals surface area contributed by atoms with Crippen LogP contribution < -0.4 is 0 Å². The molecule has 72 valence electrons. The molecule has 0 aromatic carbocycles. The van der Waals surface area contributed by atoms with E-state index in [0.29, 0.717) is 0 Å². The van der Waals surface area contributed by atoms with E-state index in [-0.39, 0.29) is 18.8 Å². The predicted octanol–water partition coefficient (Wildman–Crippen LogP) is 0.263. The maximum Gasteiger partial charge on any atom is 0.311 e. The van der Waals surface area contributed by atoms with Gasteiger partial charge in [0.15, 0.2) is 0 Å². The number of aromatic nitrogens is 3. The Morgan fingerprint density at radius 3 is 3.08 bits per heavy atom. The second-order valence-corrected chi connectivity index (χ2v) is 2.71. The van der Waals surface area contributed by atoms with Crippen LogP contribution in [-0.2, 0) is 17.8 Å². The van der Waals surface area contributed by atoms with Crippen LogP contribution in [0, 0.1) is 0 Å². The lowest BCUT2D eigenvalue weighted by atomic mass is 10.4. The van der Waals surface area contributed by atoms with Crippen molar-refractivity contribution in [3.63, 3.8) is 0 Å². The molecule has 6 heteroatoms. The molecule has 1 atom stereocenters. The molecule has 1 aromatic rings. The summed E-state index contributed by atoms with van der Waals surface area (Å²) in [6.07, 6.45) is -0.0675. The van der Waals surface area contributed by atoms with Crippen molar-refractivity contribution in [3.8, 4) is 0 Å². The first-order valence-corrected chi connectivity index (χ1v) is 3.82. The molecule has 0 radical (unpaired) electrons. The van der Waals surface area contributed by atoms with E-state index in [0.717, 1.165) is 0 Å². The Balaban J connectivity index is 2.71. The average molecular weight is 187 g/mol. The summed E-state index contributed by atoms with van der Waals surface area (Å²) in [6, 6.07) is 0. The van der Waals surface area contributed by atoms with Gasteiger partial charge in [0.25, 0.3) is 0 Å². The number of rotatable bonds is 4. The summed E-state index contributed by atoms with van der Waals surface area (Å²) < 4.78 is 13.8. The van der Waals surface area contributed by atoms with Gasteiger partial charge in [-0.05, 0) is 6.92 Å². The van der Waals surface area contributed by atoms with Crippen LogP contribution in [0.25, 0.3) is 0 Å². The maximum absolute atomic E-state index is 12.5. The van der Waals surface area contributed by atoms with Gasteiger partial charge in [0, 0.05) is 0 Å². The summed E-state index contributed by atoms with van der Waals surface area (Å²) in [7, 11) is 0. The third kappa shape index (κ3) is 2.81. The molecular weight excluding hydrogens is 177 g/mol. The van der Waals surface area contributed by atoms with E-state index in [9.17, 15) is 9.18 Å². The zero-order valence-corrected chi connectivity index (χ0v) is 7.14. The molecule has 1 unspecified atom stereocenters. The van der Waals surface area contributed by atoms with Crippen LogP contribution in [0.2, 0.25) is 0 Å². The zero-order chi connectivity index (χ0) is 9.84. The number of alkyl halides is 1. The summed E-state index contributed by atoms with van der Waals surface area (Å²) in [5, 5.41) is 12.2. The molecule has 13 heavy (non-hydrogen) atoms. The second-order valence-electron chi connectivity index (χ2n) is 2.71. The van der Waals surface area contributed by atoms with Crippen molar-refractivity contribution in [1.29, 1.82) is 0 Å². The van der Waals surface area contributed by atoms with E-state index in [1.54, 1.807) is 0 Å². The van der Waals surface area contributed by atoms with E-state index in [2.05, 4.69) is 10.1 Å². The minimum atomic E-state index is -1.06. The average Bonchev–Trinajstić information content (AvgIpc) is 2.34. The second kappa shape index (κ2) is 3.97. The van der Waals surface area contributed by atoms with Gasteiger partial charge >= 0.3 is 5.97 Å². The fourth-order valence-corrected chi connectivity index (χ4v) is 0.951. The molecule has 0 aliphatic rings. The number of carboxylic acids is 1. The van der Waals surface area contributed by atoms with Crippen LogP contribution in [0.15, 0.2) is 6.33 Å². The molecule has 1 N–H and O–H groups in total. The highest BCUT2D eigenvalue weighted by Gasteiger charge is 2.10. The molecule has 0 saturated carbocycles. The van der Waals surface area contributed by atoms with Gasteiger partial charge in [-0.2, -0.15) is 5.10 Å². The third-order valence-electron chi connectivity index (χ3n) is 1.43. The topological polar surface area (TPSA) is 68.0 Å². The fraction of sp³-hybridized carbons (Fsp3) is 0.571. The molecule has 0 fully saturated rings. The highest BCUT2D eigenvalue weighted by molar-refractivity contribution is 5.68. The Bertz CT molecular complexity index is 298. The highest BCUT2D eigenvalue weighted by atomic mass is 19.1. The minimum absolute atomic E-state index is 0.0443. The van der Waals surface area contributed by atoms with Crippen LogP contribution in [0.3, 0.4) is 0 Å². The van der Waals surface area contributed by atoms with Gasteiger partial charge in [-0.25, -0.2) is 14.1 Å². The third-order valence-corrected chi connectivity index (χ3v) is 1.43. The number of carboxylic acid groups (broad SMARTS) is 1. The summed E-state index contributed by atoms with van der Waals surface area (Å²) in [6.45, 7) is 1.43. The summed E-state index contributed by atoms with van der Waals surface area (Å²) in [5.41, 5.74) is 0. The largest absolute Gasteiger partial charge is 0.481 e. The van der Waals surface area contributed by atoms with Crippen LogP contribution in [0.5, 0.6) is 0 Å². The molecule has 0 spiro atoms. The lowest BCUT2D eigenvalue weighted by molar-refractivity contribution is -0.136. The molecule has 0 bridgehead atoms. The molecule has 5 nitrogen and oxygen atoms in total. The quantitative estimate of drug-likeness (QED) is 0.734. The van der Waals surface area contributed by atoms with Crippen LogP contribution in [0.1, 0.15) is 12.7 Å². The normalized spacial score (nSPS) is 12.8. The maximum atomic E-state index is 12.5. The Hall–Kier alpha value is -1.46. The van der Waals surface area contributed by atoms with Gasteiger partial charge < -0.3 is 5.11 Å². The lowest BCUT2D eigenvalue weighted by Gasteiger charge is -2.04. The molecule has 0 aliphatic heterocycles. The van der Waals surface area contributed by atoms with Gasteiger partial charge in [0.1, 0.15) is 24.7 Å². The minimum Gasteiger partial charge on any atom is -0.481 e. The zero-order valence-electron chi connectivity index (χ0n) is 7.14. The number of hydrogen-bond donors (Lipinski definition) is 1. The molecule has 1 heterocycles. The first-order chi connectivity index (χ1) is 6.09. The molecule has 0 aliphatic carbocycles. The smallest absolute Gasteiger partial charge is 0.311 e. The van der Waals surface area contributed by atoms with Crippen molar-refractivity contribution < 1.29 is 14.3 Å². The Labute approximate surface area is 74.2 Å². The number of carbonyl (C=O) groups is 1.